The van der Waals surface area contributed by atoms with Gasteiger partial charge >= 0.3 is 0 Å². The summed E-state index contributed by atoms with van der Waals surface area (Å²) in [6, 6.07) is 10.4. The van der Waals surface area contributed by atoms with E-state index < -0.39 is 0 Å². The minimum absolute atomic E-state index is 0.0685. The zero-order chi connectivity index (χ0) is 18.4. The second-order valence-corrected chi connectivity index (χ2v) is 7.69. The molecule has 5 heteroatoms. The lowest BCUT2D eigenvalue weighted by atomic mass is 9.95. The molecule has 1 atom stereocenters. The van der Waals surface area contributed by atoms with E-state index in [0.29, 0.717) is 19.1 Å². The molecule has 26 heavy (non-hydrogen) atoms. The predicted octanol–water partition coefficient (Wildman–Crippen LogP) is 2.42. The topological polar surface area (TPSA) is 52.7 Å². The average Bonchev–Trinajstić information content (AvgIpc) is 2.68. The number of nitrogens with one attached hydrogen (secondary N) is 1. The number of amides is 2. The van der Waals surface area contributed by atoms with E-state index in [-0.39, 0.29) is 17.7 Å². The van der Waals surface area contributed by atoms with Crippen molar-refractivity contribution in [3.05, 3.63) is 35.9 Å². The number of likely N-dealkylation sites (tertiary alicyclic amines) is 2. The molecule has 0 aliphatic carbocycles. The summed E-state index contributed by atoms with van der Waals surface area (Å²) >= 11 is 0. The van der Waals surface area contributed by atoms with Crippen molar-refractivity contribution in [2.75, 3.05) is 26.2 Å². The normalized spacial score (nSPS) is 22.2. The van der Waals surface area contributed by atoms with Crippen molar-refractivity contribution in [3.63, 3.8) is 0 Å². The molecule has 2 saturated heterocycles. The molecule has 0 saturated carbocycles. The molecule has 2 aliphatic heterocycles. The van der Waals surface area contributed by atoms with Crippen LogP contribution in [0.1, 0.15) is 44.6 Å². The van der Waals surface area contributed by atoms with Crippen LogP contribution >= 0.6 is 0 Å². The Bertz CT molecular complexity index is 597. The first kappa shape index (κ1) is 18.9. The Hall–Kier alpha value is -1.88. The molecule has 142 valence electrons. The highest BCUT2D eigenvalue weighted by molar-refractivity contribution is 5.79. The molecule has 2 aliphatic rings. The molecular formula is C21H31N3O2. The van der Waals surface area contributed by atoms with Crippen LogP contribution < -0.4 is 5.32 Å². The van der Waals surface area contributed by atoms with E-state index >= 15 is 0 Å². The van der Waals surface area contributed by atoms with Crippen LogP contribution in [-0.4, -0.2) is 53.8 Å². The van der Waals surface area contributed by atoms with Crippen molar-refractivity contribution in [3.8, 4) is 0 Å². The first-order valence-corrected chi connectivity index (χ1v) is 9.97. The van der Waals surface area contributed by atoms with Gasteiger partial charge in [-0.25, -0.2) is 0 Å². The van der Waals surface area contributed by atoms with Gasteiger partial charge in [0.15, 0.2) is 0 Å². The van der Waals surface area contributed by atoms with Crippen molar-refractivity contribution in [2.45, 2.75) is 51.6 Å². The largest absolute Gasteiger partial charge is 0.352 e. The Morgan fingerprint density at radius 3 is 2.46 bits per heavy atom. The van der Waals surface area contributed by atoms with Crippen LogP contribution in [0.15, 0.2) is 30.3 Å². The van der Waals surface area contributed by atoms with E-state index in [1.807, 2.05) is 35.2 Å². The number of carbonyl (C=O) groups excluding carboxylic acids is 2. The summed E-state index contributed by atoms with van der Waals surface area (Å²) in [7, 11) is 0. The van der Waals surface area contributed by atoms with Crippen LogP contribution in [0.4, 0.5) is 0 Å². The summed E-state index contributed by atoms with van der Waals surface area (Å²) in [5, 5.41) is 3.05. The standard InChI is InChI=1S/C21H31N3O2/c1-17-7-5-6-12-24(17)20(25)16-23-13-10-19(11-14-23)21(26)22-15-18-8-3-2-4-9-18/h2-4,8-9,17,19H,5-7,10-16H2,1H3,(H,22,26). The third-order valence-corrected chi connectivity index (χ3v) is 5.75. The first-order valence-electron chi connectivity index (χ1n) is 9.97. The molecule has 0 aromatic heterocycles. The smallest absolute Gasteiger partial charge is 0.236 e. The fourth-order valence-corrected chi connectivity index (χ4v) is 4.03. The van der Waals surface area contributed by atoms with Gasteiger partial charge in [0.05, 0.1) is 6.54 Å². The van der Waals surface area contributed by atoms with Crippen molar-refractivity contribution in [2.24, 2.45) is 5.92 Å². The van der Waals surface area contributed by atoms with Gasteiger partial charge in [-0.15, -0.1) is 0 Å². The summed E-state index contributed by atoms with van der Waals surface area (Å²) in [6.07, 6.45) is 5.15. The number of nitrogens with zero attached hydrogens (tertiary/aromatic N) is 2. The van der Waals surface area contributed by atoms with Gasteiger partial charge in [-0.2, -0.15) is 0 Å². The fourth-order valence-electron chi connectivity index (χ4n) is 4.03. The van der Waals surface area contributed by atoms with Crippen LogP contribution in [-0.2, 0) is 16.1 Å². The number of piperidine rings is 2. The highest BCUT2D eigenvalue weighted by atomic mass is 16.2. The van der Waals surface area contributed by atoms with Gasteiger partial charge in [-0.05, 0) is 57.7 Å². The summed E-state index contributed by atoms with van der Waals surface area (Å²) < 4.78 is 0. The molecule has 2 fully saturated rings. The van der Waals surface area contributed by atoms with Crippen LogP contribution in [0, 0.1) is 5.92 Å². The summed E-state index contributed by atoms with van der Waals surface area (Å²) in [4.78, 5) is 29.2. The van der Waals surface area contributed by atoms with Gasteiger partial charge in [0.1, 0.15) is 0 Å². The van der Waals surface area contributed by atoms with E-state index in [0.717, 1.165) is 50.9 Å². The minimum Gasteiger partial charge on any atom is -0.352 e. The summed E-state index contributed by atoms with van der Waals surface area (Å²) in [5.74, 6) is 0.465. The molecule has 2 amide bonds. The number of benzene rings is 1. The quantitative estimate of drug-likeness (QED) is 0.880. The molecule has 0 radical (unpaired) electrons. The Morgan fingerprint density at radius 1 is 1.04 bits per heavy atom. The van der Waals surface area contributed by atoms with Gasteiger partial charge in [-0.1, -0.05) is 30.3 Å². The third kappa shape index (κ3) is 5.07. The van der Waals surface area contributed by atoms with Crippen molar-refractivity contribution < 1.29 is 9.59 Å². The van der Waals surface area contributed by atoms with E-state index in [1.54, 1.807) is 0 Å². The molecular weight excluding hydrogens is 326 g/mol. The number of carbonyl (C=O) groups is 2. The Labute approximate surface area is 156 Å². The van der Waals surface area contributed by atoms with Crippen molar-refractivity contribution >= 4 is 11.8 Å². The number of hydrogen-bond donors (Lipinski definition) is 1. The van der Waals surface area contributed by atoms with Crippen molar-refractivity contribution in [1.29, 1.82) is 0 Å². The number of rotatable bonds is 5. The maximum atomic E-state index is 12.6. The van der Waals surface area contributed by atoms with Crippen LogP contribution in [0.2, 0.25) is 0 Å². The van der Waals surface area contributed by atoms with Gasteiger partial charge in [-0.3, -0.25) is 14.5 Å². The SMILES string of the molecule is CC1CCCCN1C(=O)CN1CCC(C(=O)NCc2ccccc2)CC1. The van der Waals surface area contributed by atoms with Crippen molar-refractivity contribution in [1.82, 2.24) is 15.1 Å². The highest BCUT2D eigenvalue weighted by Gasteiger charge is 2.28. The molecule has 2 heterocycles. The lowest BCUT2D eigenvalue weighted by molar-refractivity contribution is -0.136. The molecule has 0 spiro atoms. The van der Waals surface area contributed by atoms with Gasteiger partial charge in [0.25, 0.3) is 0 Å². The lowest BCUT2D eigenvalue weighted by Gasteiger charge is -2.36. The van der Waals surface area contributed by atoms with E-state index in [9.17, 15) is 9.59 Å². The van der Waals surface area contributed by atoms with Gasteiger partial charge in [0, 0.05) is 25.0 Å². The zero-order valence-corrected chi connectivity index (χ0v) is 15.8. The maximum Gasteiger partial charge on any atom is 0.236 e. The Kier molecular flexibility index (Phi) is 6.67. The second-order valence-electron chi connectivity index (χ2n) is 7.69. The first-order chi connectivity index (χ1) is 12.6. The Balaban J connectivity index is 1.39. The zero-order valence-electron chi connectivity index (χ0n) is 15.8. The lowest BCUT2D eigenvalue weighted by Crippen LogP contribution is -2.49. The molecule has 1 aromatic rings. The van der Waals surface area contributed by atoms with E-state index in [4.69, 9.17) is 0 Å². The maximum absolute atomic E-state index is 12.6. The Morgan fingerprint density at radius 2 is 1.77 bits per heavy atom. The van der Waals surface area contributed by atoms with E-state index in [1.165, 1.54) is 6.42 Å². The molecule has 0 bridgehead atoms. The third-order valence-electron chi connectivity index (χ3n) is 5.75. The molecule has 1 N–H and O–H groups in total. The molecule has 5 nitrogen and oxygen atoms in total. The average molecular weight is 357 g/mol. The van der Waals surface area contributed by atoms with E-state index in [2.05, 4.69) is 17.1 Å². The fraction of sp³-hybridized carbons (Fsp3) is 0.619. The minimum atomic E-state index is 0.0685. The number of hydrogen-bond acceptors (Lipinski definition) is 3. The van der Waals surface area contributed by atoms with Crippen LogP contribution in [0.3, 0.4) is 0 Å². The molecule has 3 rings (SSSR count). The van der Waals surface area contributed by atoms with Gasteiger partial charge in [0.2, 0.25) is 11.8 Å². The summed E-state index contributed by atoms with van der Waals surface area (Å²) in [6.45, 7) is 5.81. The summed E-state index contributed by atoms with van der Waals surface area (Å²) in [5.41, 5.74) is 1.12. The predicted molar refractivity (Wildman–Crippen MR) is 102 cm³/mol. The van der Waals surface area contributed by atoms with Gasteiger partial charge < -0.3 is 10.2 Å². The molecule has 1 aromatic carbocycles. The monoisotopic (exact) mass is 357 g/mol. The molecule has 1 unspecified atom stereocenters. The van der Waals surface area contributed by atoms with Crippen LogP contribution in [0.5, 0.6) is 0 Å². The highest BCUT2D eigenvalue weighted by Crippen LogP contribution is 2.20. The second kappa shape index (κ2) is 9.17. The van der Waals surface area contributed by atoms with Crippen LogP contribution in [0.25, 0.3) is 0 Å².